The summed E-state index contributed by atoms with van der Waals surface area (Å²) in [5.41, 5.74) is 26.1. The Hall–Kier alpha value is -5.41. The molecule has 262 valence electrons. The molecule has 0 saturated carbocycles. The minimum atomic E-state index is -1.26. The number of carboxylic acids is 1. The van der Waals surface area contributed by atoms with Crippen LogP contribution in [0, 0.1) is 0 Å². The Balaban J connectivity index is 1.52. The van der Waals surface area contributed by atoms with Gasteiger partial charge in [-0.05, 0) is 68.3 Å². The number of benzene rings is 2. The molecular formula is C34H46N10O5. The highest BCUT2D eigenvalue weighted by Gasteiger charge is 2.31. The van der Waals surface area contributed by atoms with E-state index in [2.05, 4.69) is 30.9 Å². The van der Waals surface area contributed by atoms with Crippen LogP contribution in [0.4, 0.5) is 0 Å². The van der Waals surface area contributed by atoms with Gasteiger partial charge in [0, 0.05) is 47.2 Å². The van der Waals surface area contributed by atoms with Crippen LogP contribution in [0.5, 0.6) is 0 Å². The van der Waals surface area contributed by atoms with Crippen LogP contribution in [0.25, 0.3) is 21.8 Å². The highest BCUT2D eigenvalue weighted by atomic mass is 16.4. The first-order valence-corrected chi connectivity index (χ1v) is 16.3. The number of hydrogen-bond donors (Lipinski definition) is 10. The Kier molecular flexibility index (Phi) is 13.1. The minimum Gasteiger partial charge on any atom is -0.480 e. The Morgan fingerprint density at radius 2 is 1.24 bits per heavy atom. The molecule has 15 nitrogen and oxygen atoms in total. The Morgan fingerprint density at radius 3 is 1.84 bits per heavy atom. The lowest BCUT2D eigenvalue weighted by atomic mass is 10.0. The molecular weight excluding hydrogens is 628 g/mol. The van der Waals surface area contributed by atoms with Crippen LogP contribution in [0.15, 0.2) is 65.9 Å². The minimum absolute atomic E-state index is 0.0471. The van der Waals surface area contributed by atoms with Gasteiger partial charge in [-0.25, -0.2) is 4.79 Å². The Bertz CT molecular complexity index is 1760. The van der Waals surface area contributed by atoms with E-state index < -0.39 is 47.9 Å². The number of aromatic nitrogens is 2. The number of para-hydroxylation sites is 2. The first kappa shape index (κ1) is 36.4. The second kappa shape index (κ2) is 17.7. The molecule has 4 rings (SSSR count). The molecule has 49 heavy (non-hydrogen) atoms. The summed E-state index contributed by atoms with van der Waals surface area (Å²) in [5.74, 6) is -3.20. The summed E-state index contributed by atoms with van der Waals surface area (Å²) in [4.78, 5) is 63.1. The first-order chi connectivity index (χ1) is 23.6. The summed E-state index contributed by atoms with van der Waals surface area (Å²) < 4.78 is 0. The van der Waals surface area contributed by atoms with Gasteiger partial charge in [0.2, 0.25) is 17.7 Å². The van der Waals surface area contributed by atoms with Gasteiger partial charge in [0.05, 0.1) is 6.04 Å². The predicted molar refractivity (Wildman–Crippen MR) is 188 cm³/mol. The molecule has 0 aliphatic rings. The van der Waals surface area contributed by atoms with Crippen LogP contribution >= 0.6 is 0 Å². The van der Waals surface area contributed by atoms with Crippen LogP contribution in [-0.4, -0.2) is 82.0 Å². The summed E-state index contributed by atoms with van der Waals surface area (Å²) in [5, 5.41) is 19.8. The molecule has 0 spiro atoms. The number of H-pyrrole nitrogens is 2. The van der Waals surface area contributed by atoms with Crippen LogP contribution < -0.4 is 38.9 Å². The van der Waals surface area contributed by atoms with E-state index >= 15 is 0 Å². The molecule has 14 N–H and O–H groups in total. The lowest BCUT2D eigenvalue weighted by molar-refractivity contribution is -0.142. The summed E-state index contributed by atoms with van der Waals surface area (Å²) in [6.45, 7) is 0.581. The van der Waals surface area contributed by atoms with Gasteiger partial charge in [-0.3, -0.25) is 19.4 Å². The van der Waals surface area contributed by atoms with Crippen molar-refractivity contribution in [3.63, 3.8) is 0 Å². The fourth-order valence-corrected chi connectivity index (χ4v) is 5.71. The third kappa shape index (κ3) is 10.3. The number of nitrogens with zero attached hydrogens (tertiary/aromatic N) is 1. The highest BCUT2D eigenvalue weighted by Crippen LogP contribution is 2.21. The van der Waals surface area contributed by atoms with E-state index in [1.165, 1.54) is 0 Å². The van der Waals surface area contributed by atoms with E-state index in [9.17, 15) is 24.3 Å². The van der Waals surface area contributed by atoms with Gasteiger partial charge in [-0.15, -0.1) is 0 Å². The topological polar surface area (TPSA) is 273 Å². The molecule has 2 aromatic heterocycles. The number of carbonyl (C=O) groups excluding carboxylic acids is 3. The van der Waals surface area contributed by atoms with Crippen molar-refractivity contribution in [3.8, 4) is 0 Å². The van der Waals surface area contributed by atoms with Gasteiger partial charge in [-0.1, -0.05) is 36.4 Å². The zero-order valence-corrected chi connectivity index (χ0v) is 27.3. The van der Waals surface area contributed by atoms with E-state index in [1.807, 2.05) is 54.7 Å². The van der Waals surface area contributed by atoms with Crippen molar-refractivity contribution in [2.24, 2.45) is 27.9 Å². The van der Waals surface area contributed by atoms with Crippen LogP contribution in [0.2, 0.25) is 0 Å². The molecule has 0 fully saturated rings. The second-order valence-electron chi connectivity index (χ2n) is 12.0. The van der Waals surface area contributed by atoms with Gasteiger partial charge in [0.25, 0.3) is 0 Å². The molecule has 4 atom stereocenters. The quantitative estimate of drug-likeness (QED) is 0.0376. The SMILES string of the molecule is NCCCCC(NC(=O)C(N)Cc1c[nH]c2ccccc12)C(=O)NC(Cc1c[nH]c2ccccc12)C(=O)NC(CCCN=C(N)N)C(=O)O. The molecule has 2 heterocycles. The summed E-state index contributed by atoms with van der Waals surface area (Å²) >= 11 is 0. The van der Waals surface area contributed by atoms with E-state index in [0.717, 1.165) is 32.9 Å². The van der Waals surface area contributed by atoms with Crippen molar-refractivity contribution in [2.45, 2.75) is 69.1 Å². The maximum absolute atomic E-state index is 13.8. The third-order valence-electron chi connectivity index (χ3n) is 8.32. The maximum atomic E-state index is 13.8. The van der Waals surface area contributed by atoms with E-state index in [0.29, 0.717) is 25.8 Å². The van der Waals surface area contributed by atoms with Gasteiger partial charge < -0.3 is 54.0 Å². The number of aliphatic imine (C=N–C) groups is 1. The molecule has 0 aliphatic heterocycles. The number of unbranched alkanes of at least 4 members (excludes halogenated alkanes) is 1. The van der Waals surface area contributed by atoms with Crippen molar-refractivity contribution in [1.29, 1.82) is 0 Å². The van der Waals surface area contributed by atoms with Crippen molar-refractivity contribution in [2.75, 3.05) is 13.1 Å². The molecule has 0 aliphatic carbocycles. The number of nitrogens with one attached hydrogen (secondary N) is 5. The number of carboxylic acid groups (broad SMARTS) is 1. The van der Waals surface area contributed by atoms with Crippen LogP contribution in [-0.2, 0) is 32.0 Å². The molecule has 2 aromatic carbocycles. The van der Waals surface area contributed by atoms with E-state index in [1.54, 1.807) is 6.20 Å². The fourth-order valence-electron chi connectivity index (χ4n) is 5.71. The van der Waals surface area contributed by atoms with Gasteiger partial charge in [0.15, 0.2) is 5.96 Å². The lowest BCUT2D eigenvalue weighted by Crippen LogP contribution is -2.57. The van der Waals surface area contributed by atoms with E-state index in [-0.39, 0.29) is 38.2 Å². The van der Waals surface area contributed by atoms with Crippen molar-refractivity contribution in [3.05, 3.63) is 72.1 Å². The zero-order chi connectivity index (χ0) is 35.3. The average molecular weight is 675 g/mol. The Morgan fingerprint density at radius 1 is 0.714 bits per heavy atom. The summed E-state index contributed by atoms with van der Waals surface area (Å²) in [6.07, 6.45) is 5.57. The Labute approximate surface area is 283 Å². The fraction of sp³-hybridized carbons (Fsp3) is 0.382. The smallest absolute Gasteiger partial charge is 0.326 e. The molecule has 0 radical (unpaired) electrons. The van der Waals surface area contributed by atoms with E-state index in [4.69, 9.17) is 22.9 Å². The number of carbonyl (C=O) groups is 4. The largest absolute Gasteiger partial charge is 0.480 e. The summed E-state index contributed by atoms with van der Waals surface area (Å²) in [7, 11) is 0. The van der Waals surface area contributed by atoms with Gasteiger partial charge in [-0.2, -0.15) is 0 Å². The standard InChI is InChI=1S/C34H46N10O5/c35-14-6-5-12-27(42-30(45)24(36)16-20-18-40-25-10-3-1-8-22(20)25)31(46)44-29(17-21-19-41-26-11-4-2-9-23(21)26)32(47)43-28(33(48)49)13-7-15-39-34(37)38/h1-4,8-11,18-19,24,27-29,40-41H,5-7,12-17,35-36H2,(H,42,45)(H,43,47)(H,44,46)(H,48,49)(H4,37,38,39). The van der Waals surface area contributed by atoms with Crippen molar-refractivity contribution < 1.29 is 24.3 Å². The maximum Gasteiger partial charge on any atom is 0.326 e. The first-order valence-electron chi connectivity index (χ1n) is 16.3. The highest BCUT2D eigenvalue weighted by molar-refractivity contribution is 5.95. The number of aromatic amines is 2. The number of nitrogens with two attached hydrogens (primary N) is 4. The molecule has 4 aromatic rings. The number of fused-ring (bicyclic) bond motifs is 2. The predicted octanol–water partition coefficient (Wildman–Crippen LogP) is 0.483. The van der Waals surface area contributed by atoms with Crippen molar-refractivity contribution in [1.82, 2.24) is 25.9 Å². The van der Waals surface area contributed by atoms with Crippen LogP contribution in [0.1, 0.15) is 43.2 Å². The zero-order valence-electron chi connectivity index (χ0n) is 27.3. The molecule has 4 unspecified atom stereocenters. The second-order valence-corrected chi connectivity index (χ2v) is 12.0. The average Bonchev–Trinajstić information content (AvgIpc) is 3.68. The molecule has 15 heteroatoms. The lowest BCUT2D eigenvalue weighted by Gasteiger charge is -2.25. The molecule has 3 amide bonds. The number of amides is 3. The normalized spacial score (nSPS) is 13.7. The van der Waals surface area contributed by atoms with Crippen LogP contribution in [0.3, 0.4) is 0 Å². The molecule has 0 bridgehead atoms. The van der Waals surface area contributed by atoms with Gasteiger partial charge >= 0.3 is 5.97 Å². The molecule has 0 saturated heterocycles. The number of aliphatic carboxylic acids is 1. The third-order valence-corrected chi connectivity index (χ3v) is 8.32. The number of hydrogen-bond acceptors (Lipinski definition) is 7. The number of rotatable bonds is 19. The summed E-state index contributed by atoms with van der Waals surface area (Å²) in [6, 6.07) is 10.7. The van der Waals surface area contributed by atoms with Crippen molar-refractivity contribution >= 4 is 51.5 Å². The number of guanidine groups is 1. The van der Waals surface area contributed by atoms with Gasteiger partial charge in [0.1, 0.15) is 18.1 Å². The monoisotopic (exact) mass is 674 g/mol.